The molecule has 0 spiro atoms. The number of thiophene rings is 1. The fourth-order valence-corrected chi connectivity index (χ4v) is 3.89. The lowest BCUT2D eigenvalue weighted by Crippen LogP contribution is -2.13. The van der Waals surface area contributed by atoms with Crippen molar-refractivity contribution in [3.8, 4) is 0 Å². The van der Waals surface area contributed by atoms with E-state index >= 15 is 0 Å². The zero-order valence-corrected chi connectivity index (χ0v) is 15.7. The van der Waals surface area contributed by atoms with Crippen LogP contribution in [0.2, 0.25) is 0 Å². The number of hydrogen-bond acceptors (Lipinski definition) is 6. The van der Waals surface area contributed by atoms with Crippen LogP contribution in [0.25, 0.3) is 21.2 Å². The predicted molar refractivity (Wildman–Crippen MR) is 108 cm³/mol. The Kier molecular flexibility index (Phi) is 4.70. The number of carbonyl (C=O) groups excluding carboxylic acids is 1. The molecule has 4 aromatic rings. The number of aromatic nitrogens is 1. The Hall–Kier alpha value is -3.39. The fraction of sp³-hybridized carbons (Fsp3) is 0.150. The molecule has 0 saturated heterocycles. The minimum Gasteiger partial charge on any atom is -0.450 e. The Balaban J connectivity index is 1.75. The average Bonchev–Trinajstić information content (AvgIpc) is 3.15. The van der Waals surface area contributed by atoms with Gasteiger partial charge < -0.3 is 13.7 Å². The molecule has 8 heteroatoms. The maximum Gasteiger partial charge on any atom is 0.411 e. The van der Waals surface area contributed by atoms with E-state index in [4.69, 9.17) is 9.15 Å². The second-order valence-corrected chi connectivity index (χ2v) is 7.01. The van der Waals surface area contributed by atoms with Crippen molar-refractivity contribution in [1.82, 2.24) is 4.57 Å². The van der Waals surface area contributed by atoms with Crippen LogP contribution >= 0.6 is 11.3 Å². The number of amides is 1. The minimum absolute atomic E-state index is 0.0200. The Morgan fingerprint density at radius 1 is 1.21 bits per heavy atom. The van der Waals surface area contributed by atoms with Gasteiger partial charge in [0, 0.05) is 42.0 Å². The number of pyridine rings is 1. The molecule has 28 heavy (non-hydrogen) atoms. The van der Waals surface area contributed by atoms with E-state index in [0.717, 1.165) is 16.5 Å². The molecule has 4 rings (SSSR count). The highest BCUT2D eigenvalue weighted by atomic mass is 32.1. The molecule has 0 radical (unpaired) electrons. The molecule has 7 nitrogen and oxygen atoms in total. The average molecular weight is 396 g/mol. The molecule has 0 unspecified atom stereocenters. The van der Waals surface area contributed by atoms with Crippen LogP contribution in [0.4, 0.5) is 10.5 Å². The summed E-state index contributed by atoms with van der Waals surface area (Å²) in [6, 6.07) is 9.93. The summed E-state index contributed by atoms with van der Waals surface area (Å²) in [4.78, 5) is 35.6. The minimum atomic E-state index is -0.576. The molecule has 3 aromatic heterocycles. The van der Waals surface area contributed by atoms with E-state index in [9.17, 15) is 14.4 Å². The van der Waals surface area contributed by atoms with E-state index in [-0.39, 0.29) is 12.0 Å². The lowest BCUT2D eigenvalue weighted by Gasteiger charge is -2.11. The summed E-state index contributed by atoms with van der Waals surface area (Å²) >= 11 is 1.39. The molecule has 0 fully saturated rings. The monoisotopic (exact) mass is 396 g/mol. The largest absolute Gasteiger partial charge is 0.450 e. The molecular weight excluding hydrogens is 380 g/mol. The van der Waals surface area contributed by atoms with Gasteiger partial charge in [-0.05, 0) is 36.1 Å². The molecule has 1 amide bonds. The van der Waals surface area contributed by atoms with Crippen LogP contribution < -0.4 is 16.4 Å². The summed E-state index contributed by atoms with van der Waals surface area (Å²) < 4.78 is 12.8. The summed E-state index contributed by atoms with van der Waals surface area (Å²) in [5.74, 6) is 0. The molecule has 1 aromatic carbocycles. The first-order chi connectivity index (χ1) is 13.5. The van der Waals surface area contributed by atoms with E-state index in [0.29, 0.717) is 22.5 Å². The van der Waals surface area contributed by atoms with Crippen molar-refractivity contribution in [2.75, 3.05) is 11.9 Å². The summed E-state index contributed by atoms with van der Waals surface area (Å²) in [7, 11) is 0. The molecule has 0 saturated carbocycles. The zero-order chi connectivity index (χ0) is 19.7. The van der Waals surface area contributed by atoms with Crippen LogP contribution in [0.5, 0.6) is 0 Å². The summed E-state index contributed by atoms with van der Waals surface area (Å²) in [5, 5.41) is 5.20. The van der Waals surface area contributed by atoms with Crippen molar-refractivity contribution >= 4 is 44.3 Å². The van der Waals surface area contributed by atoms with Crippen LogP contribution in [0.1, 0.15) is 12.5 Å². The number of benzene rings is 1. The van der Waals surface area contributed by atoms with Gasteiger partial charge >= 0.3 is 11.7 Å². The number of carbonyl (C=O) groups is 1. The van der Waals surface area contributed by atoms with Gasteiger partial charge in [0.05, 0.1) is 16.8 Å². The van der Waals surface area contributed by atoms with Gasteiger partial charge in [-0.1, -0.05) is 0 Å². The van der Waals surface area contributed by atoms with Crippen molar-refractivity contribution in [1.29, 1.82) is 0 Å². The second-order valence-electron chi connectivity index (χ2n) is 6.09. The van der Waals surface area contributed by atoms with Gasteiger partial charge in [-0.3, -0.25) is 10.1 Å². The first-order valence-electron chi connectivity index (χ1n) is 8.62. The Bertz CT molecular complexity index is 1300. The summed E-state index contributed by atoms with van der Waals surface area (Å²) in [6.07, 6.45) is 1.14. The van der Waals surface area contributed by atoms with E-state index < -0.39 is 11.7 Å². The van der Waals surface area contributed by atoms with Gasteiger partial charge in [-0.25, -0.2) is 9.59 Å². The number of anilines is 1. The van der Waals surface area contributed by atoms with Gasteiger partial charge in [0.1, 0.15) is 5.58 Å². The third-order valence-electron chi connectivity index (χ3n) is 4.28. The van der Waals surface area contributed by atoms with Gasteiger partial charge in [0.15, 0.2) is 5.43 Å². The maximum absolute atomic E-state index is 12.1. The summed E-state index contributed by atoms with van der Waals surface area (Å²) in [6.45, 7) is 2.38. The Morgan fingerprint density at radius 2 is 2.07 bits per heavy atom. The zero-order valence-electron chi connectivity index (χ0n) is 14.9. The van der Waals surface area contributed by atoms with Crippen LogP contribution in [-0.2, 0) is 11.3 Å². The first-order valence-corrected chi connectivity index (χ1v) is 9.50. The molecular formula is C20H16N2O5S. The normalized spacial score (nSPS) is 11.0. The third-order valence-corrected chi connectivity index (χ3v) is 5.19. The van der Waals surface area contributed by atoms with E-state index in [2.05, 4.69) is 5.32 Å². The number of ether oxygens (including phenoxy) is 1. The van der Waals surface area contributed by atoms with Crippen LogP contribution in [0.15, 0.2) is 62.0 Å². The number of rotatable bonds is 4. The number of fused-ring (bicyclic) bond motifs is 2. The molecule has 1 N–H and O–H groups in total. The van der Waals surface area contributed by atoms with Crippen LogP contribution in [-0.4, -0.2) is 17.3 Å². The lowest BCUT2D eigenvalue weighted by atomic mass is 10.1. The maximum atomic E-state index is 12.1. The smallest absolute Gasteiger partial charge is 0.411 e. The van der Waals surface area contributed by atoms with Gasteiger partial charge in [0.2, 0.25) is 0 Å². The number of nitrogens with zero attached hydrogens (tertiary/aromatic N) is 1. The number of nitrogens with one attached hydrogen (secondary N) is 1. The van der Waals surface area contributed by atoms with Gasteiger partial charge in [0.25, 0.3) is 0 Å². The van der Waals surface area contributed by atoms with Crippen molar-refractivity contribution < 1.29 is 13.9 Å². The first kappa shape index (κ1) is 18.0. The molecule has 0 atom stereocenters. The SMILES string of the molecule is CCOC(=O)Nc1ccc2c(Cn3ccc(=O)c4sccc43)cc(=O)oc2c1. The highest BCUT2D eigenvalue weighted by molar-refractivity contribution is 7.17. The van der Waals surface area contributed by atoms with Crippen molar-refractivity contribution in [2.45, 2.75) is 13.5 Å². The van der Waals surface area contributed by atoms with E-state index in [1.165, 1.54) is 23.5 Å². The standard InChI is InChI=1S/C20H16N2O5S/c1-2-26-20(25)21-13-3-4-14-12(9-18(24)27-17(14)10-13)11-22-7-5-16(23)19-15(22)6-8-28-19/h3-10H,2,11H2,1H3,(H,21,25). The Labute approximate surface area is 162 Å². The molecule has 0 aliphatic carbocycles. The van der Waals surface area contributed by atoms with E-state index in [1.807, 2.05) is 16.0 Å². The second kappa shape index (κ2) is 7.32. The number of hydrogen-bond donors (Lipinski definition) is 1. The highest BCUT2D eigenvalue weighted by Crippen LogP contribution is 2.24. The van der Waals surface area contributed by atoms with Crippen molar-refractivity contribution in [3.63, 3.8) is 0 Å². The fourth-order valence-electron chi connectivity index (χ4n) is 3.07. The van der Waals surface area contributed by atoms with Gasteiger partial charge in [-0.2, -0.15) is 0 Å². The van der Waals surface area contributed by atoms with Crippen molar-refractivity contribution in [2.24, 2.45) is 0 Å². The molecule has 3 heterocycles. The third kappa shape index (κ3) is 3.41. The predicted octanol–water partition coefficient (Wildman–Crippen LogP) is 3.79. The molecule has 0 aliphatic rings. The topological polar surface area (TPSA) is 90.5 Å². The molecule has 0 bridgehead atoms. The Morgan fingerprint density at radius 3 is 2.89 bits per heavy atom. The highest BCUT2D eigenvalue weighted by Gasteiger charge is 2.11. The lowest BCUT2D eigenvalue weighted by molar-refractivity contribution is 0.168. The quantitative estimate of drug-likeness (QED) is 0.530. The van der Waals surface area contributed by atoms with Crippen LogP contribution in [0, 0.1) is 0 Å². The van der Waals surface area contributed by atoms with Crippen LogP contribution in [0.3, 0.4) is 0 Å². The molecule has 0 aliphatic heterocycles. The van der Waals surface area contributed by atoms with E-state index in [1.54, 1.807) is 31.3 Å². The van der Waals surface area contributed by atoms with Crippen molar-refractivity contribution in [3.05, 3.63) is 74.2 Å². The molecule has 142 valence electrons. The van der Waals surface area contributed by atoms with Gasteiger partial charge in [-0.15, -0.1) is 11.3 Å². The summed E-state index contributed by atoms with van der Waals surface area (Å²) in [5.41, 5.74) is 1.89.